The maximum Gasteiger partial charge on any atom is 0.161 e. The van der Waals surface area contributed by atoms with Crippen molar-refractivity contribution in [1.29, 1.82) is 0 Å². The van der Waals surface area contributed by atoms with Crippen LogP contribution in [0.1, 0.15) is 51.0 Å². The summed E-state index contributed by atoms with van der Waals surface area (Å²) in [4.78, 5) is 13.8. The van der Waals surface area contributed by atoms with Crippen molar-refractivity contribution in [3.63, 3.8) is 0 Å². The molecule has 3 heterocycles. The predicted molar refractivity (Wildman–Crippen MR) is 142 cm³/mol. The minimum absolute atomic E-state index is 0.629. The number of aromatic nitrogens is 2. The molecule has 1 N–H and O–H groups in total. The number of imidazole rings is 1. The summed E-state index contributed by atoms with van der Waals surface area (Å²) in [6, 6.07) is 13.5. The van der Waals surface area contributed by atoms with Crippen molar-refractivity contribution in [3.8, 4) is 22.9 Å². The Bertz CT molecular complexity index is 1120. The second kappa shape index (κ2) is 10.6. The summed E-state index contributed by atoms with van der Waals surface area (Å²) in [6.07, 6.45) is 5.15. The molecule has 2 aliphatic heterocycles. The van der Waals surface area contributed by atoms with E-state index in [1.54, 1.807) is 14.2 Å². The second-order valence-electron chi connectivity index (χ2n) is 10.7. The maximum absolute atomic E-state index is 5.47. The molecule has 0 bridgehead atoms. The summed E-state index contributed by atoms with van der Waals surface area (Å²) in [7, 11) is 3.31. The highest BCUT2D eigenvalue weighted by Gasteiger charge is 2.29. The van der Waals surface area contributed by atoms with Gasteiger partial charge in [-0.1, -0.05) is 19.9 Å². The van der Waals surface area contributed by atoms with E-state index in [2.05, 4.69) is 46.8 Å². The van der Waals surface area contributed by atoms with E-state index in [0.29, 0.717) is 11.7 Å². The van der Waals surface area contributed by atoms with E-state index in [0.717, 1.165) is 40.1 Å². The van der Waals surface area contributed by atoms with Gasteiger partial charge in [0.05, 0.1) is 25.3 Å². The van der Waals surface area contributed by atoms with E-state index in [9.17, 15) is 0 Å². The van der Waals surface area contributed by atoms with Crippen molar-refractivity contribution in [2.45, 2.75) is 51.5 Å². The Hall–Kier alpha value is -2.57. The van der Waals surface area contributed by atoms with E-state index < -0.39 is 0 Å². The summed E-state index contributed by atoms with van der Waals surface area (Å²) < 4.78 is 10.8. The van der Waals surface area contributed by atoms with Crippen LogP contribution in [0.5, 0.6) is 11.5 Å². The lowest BCUT2D eigenvalue weighted by molar-refractivity contribution is 0.0828. The molecule has 0 radical (unpaired) electrons. The highest BCUT2D eigenvalue weighted by molar-refractivity contribution is 5.80. The molecule has 0 atom stereocenters. The maximum atomic E-state index is 5.47. The summed E-state index contributed by atoms with van der Waals surface area (Å²) in [6.45, 7) is 10.9. The number of hydrogen-bond acceptors (Lipinski definition) is 5. The van der Waals surface area contributed by atoms with Crippen LogP contribution in [0.15, 0.2) is 36.4 Å². The van der Waals surface area contributed by atoms with Gasteiger partial charge in [0.2, 0.25) is 0 Å². The van der Waals surface area contributed by atoms with E-state index in [1.807, 2.05) is 18.2 Å². The topological polar surface area (TPSA) is 53.6 Å². The van der Waals surface area contributed by atoms with E-state index in [-0.39, 0.29) is 0 Å². The number of rotatable bonds is 7. The minimum atomic E-state index is 0.629. The molecule has 188 valence electrons. The van der Waals surface area contributed by atoms with E-state index in [4.69, 9.17) is 14.5 Å². The fourth-order valence-electron chi connectivity index (χ4n) is 5.98. The number of hydrogen-bond donors (Lipinski definition) is 1. The molecule has 0 aliphatic carbocycles. The molecule has 2 aromatic carbocycles. The first-order valence-electron chi connectivity index (χ1n) is 13.2. The van der Waals surface area contributed by atoms with Crippen molar-refractivity contribution in [2.75, 3.05) is 46.9 Å². The molecule has 0 unspecified atom stereocenters. The zero-order valence-corrected chi connectivity index (χ0v) is 21.7. The van der Waals surface area contributed by atoms with Crippen LogP contribution in [-0.4, -0.2) is 72.8 Å². The van der Waals surface area contributed by atoms with Crippen molar-refractivity contribution in [3.05, 3.63) is 42.0 Å². The Morgan fingerprint density at radius 1 is 0.914 bits per heavy atom. The van der Waals surface area contributed by atoms with Crippen molar-refractivity contribution >= 4 is 11.0 Å². The van der Waals surface area contributed by atoms with Gasteiger partial charge in [-0.2, -0.15) is 0 Å². The molecule has 2 aliphatic rings. The van der Waals surface area contributed by atoms with Crippen LogP contribution >= 0.6 is 0 Å². The summed E-state index contributed by atoms with van der Waals surface area (Å²) in [5.74, 6) is 3.69. The van der Waals surface area contributed by atoms with Crippen LogP contribution in [0.25, 0.3) is 22.4 Å². The molecule has 2 saturated heterocycles. The molecule has 0 amide bonds. The summed E-state index contributed by atoms with van der Waals surface area (Å²) in [5, 5.41) is 0. The standard InChI is InChI=1S/C29H40N4O2/c1-20(2)19-32-13-11-24(12-14-32)33-15-9-21(10-16-33)22-5-7-25-26(17-22)31-29(30-25)23-6-8-27(34-3)28(18-23)35-4/h5-8,17-18,20-21,24H,9-16,19H2,1-4H3,(H,30,31). The van der Waals surface area contributed by atoms with Crippen LogP contribution in [0, 0.1) is 5.92 Å². The number of nitrogens with one attached hydrogen (secondary N) is 1. The third kappa shape index (κ3) is 5.34. The van der Waals surface area contributed by atoms with Gasteiger partial charge < -0.3 is 24.3 Å². The van der Waals surface area contributed by atoms with Crippen LogP contribution < -0.4 is 9.47 Å². The quantitative estimate of drug-likeness (QED) is 0.485. The second-order valence-corrected chi connectivity index (χ2v) is 10.7. The average Bonchev–Trinajstić information content (AvgIpc) is 3.32. The van der Waals surface area contributed by atoms with Gasteiger partial charge in [-0.05, 0) is 99.6 Å². The molecular formula is C29H40N4O2. The Morgan fingerprint density at radius 2 is 1.66 bits per heavy atom. The zero-order chi connectivity index (χ0) is 24.4. The molecule has 6 heteroatoms. The predicted octanol–water partition coefficient (Wildman–Crippen LogP) is 5.55. The van der Waals surface area contributed by atoms with Gasteiger partial charge in [-0.25, -0.2) is 4.98 Å². The van der Waals surface area contributed by atoms with Crippen LogP contribution in [-0.2, 0) is 0 Å². The lowest BCUT2D eigenvalue weighted by Crippen LogP contribution is -2.48. The monoisotopic (exact) mass is 476 g/mol. The summed E-state index contributed by atoms with van der Waals surface area (Å²) >= 11 is 0. The van der Waals surface area contributed by atoms with Crippen molar-refractivity contribution in [2.24, 2.45) is 5.92 Å². The Balaban J connectivity index is 1.22. The van der Waals surface area contributed by atoms with Gasteiger partial charge in [-0.3, -0.25) is 0 Å². The number of H-pyrrole nitrogens is 1. The fraction of sp³-hybridized carbons (Fsp3) is 0.552. The molecule has 6 nitrogen and oxygen atoms in total. The highest BCUT2D eigenvalue weighted by atomic mass is 16.5. The number of benzene rings is 2. The van der Waals surface area contributed by atoms with Gasteiger partial charge in [0.15, 0.2) is 11.5 Å². The van der Waals surface area contributed by atoms with Gasteiger partial charge in [0.1, 0.15) is 5.82 Å². The summed E-state index contributed by atoms with van der Waals surface area (Å²) in [5.41, 5.74) is 4.54. The molecule has 0 saturated carbocycles. The largest absolute Gasteiger partial charge is 0.493 e. The van der Waals surface area contributed by atoms with Crippen LogP contribution in [0.3, 0.4) is 0 Å². The molecular weight excluding hydrogens is 436 g/mol. The molecule has 2 fully saturated rings. The van der Waals surface area contributed by atoms with Gasteiger partial charge in [-0.15, -0.1) is 0 Å². The molecule has 3 aromatic rings. The highest BCUT2D eigenvalue weighted by Crippen LogP contribution is 2.34. The van der Waals surface area contributed by atoms with E-state index >= 15 is 0 Å². The third-order valence-electron chi connectivity index (χ3n) is 7.86. The number of ether oxygens (including phenoxy) is 2. The number of likely N-dealkylation sites (tertiary alicyclic amines) is 2. The normalized spacial score (nSPS) is 19.0. The Labute approximate surface area is 209 Å². The lowest BCUT2D eigenvalue weighted by Gasteiger charge is -2.42. The molecule has 1 aromatic heterocycles. The zero-order valence-electron chi connectivity index (χ0n) is 21.7. The number of fused-ring (bicyclic) bond motifs is 1. The minimum Gasteiger partial charge on any atom is -0.493 e. The number of methoxy groups -OCH3 is 2. The first-order chi connectivity index (χ1) is 17.0. The number of piperidine rings is 2. The lowest BCUT2D eigenvalue weighted by atomic mass is 9.88. The number of nitrogens with zero attached hydrogens (tertiary/aromatic N) is 3. The first kappa shape index (κ1) is 24.1. The van der Waals surface area contributed by atoms with Gasteiger partial charge >= 0.3 is 0 Å². The fourth-order valence-corrected chi connectivity index (χ4v) is 5.98. The first-order valence-corrected chi connectivity index (χ1v) is 13.2. The Morgan fingerprint density at radius 3 is 2.34 bits per heavy atom. The SMILES string of the molecule is COc1ccc(-c2nc3ccc(C4CCN(C5CCN(CC(C)C)CC5)CC4)cc3[nH]2)cc1OC. The third-order valence-corrected chi connectivity index (χ3v) is 7.86. The Kier molecular flexibility index (Phi) is 7.30. The van der Waals surface area contributed by atoms with Crippen LogP contribution in [0.4, 0.5) is 0 Å². The average molecular weight is 477 g/mol. The molecule has 0 spiro atoms. The van der Waals surface area contributed by atoms with Gasteiger partial charge in [0, 0.05) is 18.2 Å². The number of aromatic amines is 1. The van der Waals surface area contributed by atoms with Crippen molar-refractivity contribution in [1.82, 2.24) is 19.8 Å². The van der Waals surface area contributed by atoms with E-state index in [1.165, 1.54) is 64.0 Å². The molecule has 5 rings (SSSR count). The molecule has 35 heavy (non-hydrogen) atoms. The van der Waals surface area contributed by atoms with Crippen molar-refractivity contribution < 1.29 is 9.47 Å². The van der Waals surface area contributed by atoms with Crippen LogP contribution in [0.2, 0.25) is 0 Å². The smallest absolute Gasteiger partial charge is 0.161 e. The van der Waals surface area contributed by atoms with Gasteiger partial charge in [0.25, 0.3) is 0 Å².